The van der Waals surface area contributed by atoms with E-state index in [1.165, 1.54) is 11.0 Å². The molecule has 1 fully saturated rings. The van der Waals surface area contributed by atoms with Crippen LogP contribution >= 0.6 is 12.2 Å². The Bertz CT molecular complexity index is 784. The first kappa shape index (κ1) is 16.9. The third-order valence-corrected chi connectivity index (χ3v) is 4.42. The number of hydrogen-bond donors (Lipinski definition) is 3. The molecule has 0 bridgehead atoms. The molecule has 0 amide bonds. The Morgan fingerprint density at radius 3 is 2.88 bits per heavy atom. The maximum Gasteiger partial charge on any atom is 0.336 e. The molecule has 3 N–H and O–H groups in total. The number of thiocarbonyl (C=S) groups is 1. The lowest BCUT2D eigenvalue weighted by Crippen LogP contribution is -3.14. The van der Waals surface area contributed by atoms with Crippen molar-refractivity contribution in [2.75, 3.05) is 44.7 Å². The predicted octanol–water partition coefficient (Wildman–Crippen LogP) is 0.303. The van der Waals surface area contributed by atoms with Crippen molar-refractivity contribution in [2.24, 2.45) is 0 Å². The van der Waals surface area contributed by atoms with Crippen molar-refractivity contribution in [3.63, 3.8) is 0 Å². The highest BCUT2D eigenvalue weighted by Crippen LogP contribution is 2.20. The zero-order valence-corrected chi connectivity index (χ0v) is 14.5. The molecule has 2 aromatic rings. The van der Waals surface area contributed by atoms with E-state index in [9.17, 15) is 4.79 Å². The van der Waals surface area contributed by atoms with Crippen LogP contribution in [-0.2, 0) is 4.74 Å². The van der Waals surface area contributed by atoms with Crippen LogP contribution in [0, 0.1) is 6.92 Å². The van der Waals surface area contributed by atoms with Gasteiger partial charge in [0.05, 0.1) is 26.3 Å². The van der Waals surface area contributed by atoms with Crippen LogP contribution in [0.3, 0.4) is 0 Å². The lowest BCUT2D eigenvalue weighted by Gasteiger charge is -2.24. The molecule has 24 heavy (non-hydrogen) atoms. The summed E-state index contributed by atoms with van der Waals surface area (Å²) in [5.41, 5.74) is 1.92. The van der Waals surface area contributed by atoms with Gasteiger partial charge in [-0.15, -0.1) is 0 Å². The van der Waals surface area contributed by atoms with Gasteiger partial charge < -0.3 is 24.7 Å². The van der Waals surface area contributed by atoms with E-state index in [1.807, 2.05) is 19.1 Å². The Morgan fingerprint density at radius 1 is 1.29 bits per heavy atom. The molecule has 0 saturated carbocycles. The first-order chi connectivity index (χ1) is 11.6. The number of aryl methyl sites for hydroxylation is 1. The summed E-state index contributed by atoms with van der Waals surface area (Å²) in [7, 11) is 0. The summed E-state index contributed by atoms with van der Waals surface area (Å²) in [5.74, 6) is 0. The van der Waals surface area contributed by atoms with E-state index in [2.05, 4.69) is 10.6 Å². The minimum absolute atomic E-state index is 0.341. The molecule has 0 aliphatic carbocycles. The molecule has 1 aromatic carbocycles. The van der Waals surface area contributed by atoms with E-state index in [0.29, 0.717) is 10.7 Å². The fraction of sp³-hybridized carbons (Fsp3) is 0.412. The van der Waals surface area contributed by atoms with Crippen LogP contribution in [0.1, 0.15) is 5.56 Å². The number of anilines is 1. The van der Waals surface area contributed by atoms with Crippen molar-refractivity contribution in [2.45, 2.75) is 6.92 Å². The fourth-order valence-electron chi connectivity index (χ4n) is 2.84. The molecule has 3 rings (SSSR count). The maximum atomic E-state index is 11.5. The van der Waals surface area contributed by atoms with E-state index in [4.69, 9.17) is 21.4 Å². The molecule has 0 unspecified atom stereocenters. The lowest BCUT2D eigenvalue weighted by atomic mass is 10.1. The normalized spacial score (nSPS) is 15.4. The number of ether oxygens (including phenoxy) is 1. The van der Waals surface area contributed by atoms with E-state index >= 15 is 0 Å². The molecule has 128 valence electrons. The van der Waals surface area contributed by atoms with Crippen molar-refractivity contribution in [1.82, 2.24) is 5.32 Å². The van der Waals surface area contributed by atoms with Crippen LogP contribution in [0.15, 0.2) is 33.5 Å². The number of benzene rings is 1. The quantitative estimate of drug-likeness (QED) is 0.546. The van der Waals surface area contributed by atoms with E-state index in [0.717, 1.165) is 56.0 Å². The van der Waals surface area contributed by atoms with Crippen molar-refractivity contribution in [1.29, 1.82) is 0 Å². The van der Waals surface area contributed by atoms with E-state index in [1.54, 1.807) is 6.07 Å². The zero-order chi connectivity index (χ0) is 16.9. The van der Waals surface area contributed by atoms with Gasteiger partial charge in [0.1, 0.15) is 18.7 Å². The first-order valence-corrected chi connectivity index (χ1v) is 8.53. The Morgan fingerprint density at radius 2 is 2.08 bits per heavy atom. The van der Waals surface area contributed by atoms with Crippen molar-refractivity contribution in [3.8, 4) is 0 Å². The monoisotopic (exact) mass is 348 g/mol. The van der Waals surface area contributed by atoms with Crippen LogP contribution < -0.4 is 21.2 Å². The van der Waals surface area contributed by atoms with Gasteiger partial charge in [-0.2, -0.15) is 0 Å². The number of nitrogens with one attached hydrogen (secondary N) is 3. The van der Waals surface area contributed by atoms with Crippen LogP contribution in [0.4, 0.5) is 5.69 Å². The third-order valence-electron chi connectivity index (χ3n) is 4.17. The van der Waals surface area contributed by atoms with Crippen molar-refractivity contribution in [3.05, 3.63) is 40.2 Å². The summed E-state index contributed by atoms with van der Waals surface area (Å²) in [6.45, 7) is 7.47. The number of quaternary nitrogens is 1. The summed E-state index contributed by atoms with van der Waals surface area (Å²) in [5, 5.41) is 7.84. The standard InChI is InChI=1S/C17H21N3O3S/c1-12-10-16(21)23-15-11-13(2-3-14(12)15)19-17(24)18-4-5-20-6-8-22-9-7-20/h2-3,10-11H,4-9H2,1H3,(H2,18,19,24)/p+1. The highest BCUT2D eigenvalue weighted by Gasteiger charge is 2.13. The fourth-order valence-corrected chi connectivity index (χ4v) is 3.06. The molecule has 1 aromatic heterocycles. The van der Waals surface area contributed by atoms with Crippen LogP contribution in [0.5, 0.6) is 0 Å². The van der Waals surface area contributed by atoms with Crippen LogP contribution in [0.2, 0.25) is 0 Å². The number of morpholine rings is 1. The third kappa shape index (κ3) is 4.31. The van der Waals surface area contributed by atoms with Gasteiger partial charge in [-0.05, 0) is 36.8 Å². The van der Waals surface area contributed by atoms with Gasteiger partial charge in [-0.25, -0.2) is 4.79 Å². The molecule has 7 heteroatoms. The first-order valence-electron chi connectivity index (χ1n) is 8.12. The molecule has 2 heterocycles. The molecule has 1 aliphatic rings. The van der Waals surface area contributed by atoms with E-state index in [-0.39, 0.29) is 5.63 Å². The predicted molar refractivity (Wildman–Crippen MR) is 97.8 cm³/mol. The van der Waals surface area contributed by atoms with E-state index < -0.39 is 0 Å². The molecule has 0 atom stereocenters. The number of hydrogen-bond acceptors (Lipinski definition) is 4. The van der Waals surface area contributed by atoms with Gasteiger partial charge in [0.25, 0.3) is 0 Å². The topological polar surface area (TPSA) is 67.9 Å². The average Bonchev–Trinajstić information content (AvgIpc) is 2.55. The van der Waals surface area contributed by atoms with Crippen molar-refractivity contribution >= 4 is 34.0 Å². The molecule has 6 nitrogen and oxygen atoms in total. The SMILES string of the molecule is Cc1cc(=O)oc2cc(NC(=S)NCC[NH+]3CCOCC3)ccc12. The summed E-state index contributed by atoms with van der Waals surface area (Å²) in [6, 6.07) is 7.15. The zero-order valence-electron chi connectivity index (χ0n) is 13.7. The Labute approximate surface area is 145 Å². The Hall–Kier alpha value is -1.96. The minimum Gasteiger partial charge on any atom is -0.423 e. The number of rotatable bonds is 4. The largest absolute Gasteiger partial charge is 0.423 e. The number of fused-ring (bicyclic) bond motifs is 1. The van der Waals surface area contributed by atoms with Gasteiger partial charge in [-0.1, -0.05) is 0 Å². The molecular weight excluding hydrogens is 326 g/mol. The second-order valence-corrected chi connectivity index (χ2v) is 6.36. The second kappa shape index (κ2) is 7.74. The molecule has 0 radical (unpaired) electrons. The molecular formula is C17H22N3O3S+. The Kier molecular flexibility index (Phi) is 5.44. The average molecular weight is 348 g/mol. The van der Waals surface area contributed by atoms with Crippen molar-refractivity contribution < 1.29 is 14.1 Å². The summed E-state index contributed by atoms with van der Waals surface area (Å²) in [6.07, 6.45) is 0. The van der Waals surface area contributed by atoms with Crippen LogP contribution in [0.25, 0.3) is 11.0 Å². The summed E-state index contributed by atoms with van der Waals surface area (Å²) >= 11 is 5.33. The van der Waals surface area contributed by atoms with Gasteiger partial charge in [0.2, 0.25) is 0 Å². The second-order valence-electron chi connectivity index (χ2n) is 5.95. The maximum absolute atomic E-state index is 11.5. The highest BCUT2D eigenvalue weighted by molar-refractivity contribution is 7.80. The van der Waals surface area contributed by atoms with Gasteiger partial charge in [-0.3, -0.25) is 0 Å². The molecule has 0 spiro atoms. The van der Waals surface area contributed by atoms with Gasteiger partial charge in [0, 0.05) is 23.2 Å². The summed E-state index contributed by atoms with van der Waals surface area (Å²) in [4.78, 5) is 13.0. The molecule has 1 saturated heterocycles. The lowest BCUT2D eigenvalue weighted by molar-refractivity contribution is -0.906. The highest BCUT2D eigenvalue weighted by atomic mass is 32.1. The van der Waals surface area contributed by atoms with Crippen LogP contribution in [-0.4, -0.2) is 44.5 Å². The Balaban J connectivity index is 1.56. The smallest absolute Gasteiger partial charge is 0.336 e. The van der Waals surface area contributed by atoms with Gasteiger partial charge >= 0.3 is 5.63 Å². The molecule has 1 aliphatic heterocycles. The minimum atomic E-state index is -0.341. The summed E-state index contributed by atoms with van der Waals surface area (Å²) < 4.78 is 10.6. The van der Waals surface area contributed by atoms with Gasteiger partial charge in [0.15, 0.2) is 5.11 Å².